The molecule has 0 aliphatic heterocycles. The van der Waals surface area contributed by atoms with Crippen molar-refractivity contribution in [3.8, 4) is 17.2 Å². The Morgan fingerprint density at radius 1 is 0.857 bits per heavy atom. The van der Waals surface area contributed by atoms with Gasteiger partial charge < -0.3 is 24.8 Å². The van der Waals surface area contributed by atoms with Gasteiger partial charge in [0.25, 0.3) is 5.91 Å². The molecule has 0 spiro atoms. The highest BCUT2D eigenvalue weighted by Crippen LogP contribution is 2.30. The summed E-state index contributed by atoms with van der Waals surface area (Å²) in [6.07, 6.45) is 1.58. The van der Waals surface area contributed by atoms with Gasteiger partial charge in [0, 0.05) is 35.3 Å². The molecule has 1 aromatic heterocycles. The summed E-state index contributed by atoms with van der Waals surface area (Å²) in [5.41, 5.74) is 1.88. The molecular weight excluding hydrogens is 358 g/mol. The van der Waals surface area contributed by atoms with Crippen molar-refractivity contribution < 1.29 is 19.0 Å². The van der Waals surface area contributed by atoms with Gasteiger partial charge in [-0.2, -0.15) is 0 Å². The first-order valence-electron chi connectivity index (χ1n) is 8.53. The molecule has 3 rings (SSSR count). The van der Waals surface area contributed by atoms with Gasteiger partial charge in [-0.1, -0.05) is 6.07 Å². The van der Waals surface area contributed by atoms with Crippen LogP contribution in [0, 0.1) is 0 Å². The highest BCUT2D eigenvalue weighted by Gasteiger charge is 2.10. The molecule has 144 valence electrons. The molecule has 0 saturated heterocycles. The van der Waals surface area contributed by atoms with Crippen LogP contribution in [0.2, 0.25) is 0 Å². The summed E-state index contributed by atoms with van der Waals surface area (Å²) in [5.74, 6) is 2.15. The van der Waals surface area contributed by atoms with Crippen LogP contribution in [0.15, 0.2) is 60.8 Å². The summed E-state index contributed by atoms with van der Waals surface area (Å²) in [6, 6.07) is 16.0. The minimum Gasteiger partial charge on any atom is -0.497 e. The van der Waals surface area contributed by atoms with Gasteiger partial charge in [-0.05, 0) is 36.4 Å². The molecule has 0 unspecified atom stereocenters. The van der Waals surface area contributed by atoms with Gasteiger partial charge in [0.05, 0.1) is 21.3 Å². The Bertz CT molecular complexity index is 975. The van der Waals surface area contributed by atoms with Crippen molar-refractivity contribution in [2.45, 2.75) is 0 Å². The second-order valence-electron chi connectivity index (χ2n) is 5.81. The third-order valence-electron chi connectivity index (χ3n) is 4.01. The van der Waals surface area contributed by atoms with E-state index in [0.717, 1.165) is 11.4 Å². The van der Waals surface area contributed by atoms with E-state index in [1.165, 1.54) is 0 Å². The molecule has 3 aromatic rings. The summed E-state index contributed by atoms with van der Waals surface area (Å²) in [7, 11) is 4.71. The van der Waals surface area contributed by atoms with Crippen LogP contribution >= 0.6 is 0 Å². The average Bonchev–Trinajstić information content (AvgIpc) is 2.74. The number of benzene rings is 2. The summed E-state index contributed by atoms with van der Waals surface area (Å²) in [5, 5.41) is 6.01. The fourth-order valence-corrected chi connectivity index (χ4v) is 2.61. The Kier molecular flexibility index (Phi) is 5.96. The van der Waals surface area contributed by atoms with Crippen LogP contribution in [0.25, 0.3) is 0 Å². The monoisotopic (exact) mass is 379 g/mol. The topological polar surface area (TPSA) is 81.7 Å². The quantitative estimate of drug-likeness (QED) is 0.643. The minimum absolute atomic E-state index is 0.261. The van der Waals surface area contributed by atoms with Crippen molar-refractivity contribution in [2.24, 2.45) is 0 Å². The van der Waals surface area contributed by atoms with Crippen molar-refractivity contribution >= 4 is 23.1 Å². The highest BCUT2D eigenvalue weighted by atomic mass is 16.5. The number of hydrogen-bond donors (Lipinski definition) is 2. The molecule has 7 heteroatoms. The number of nitrogens with one attached hydrogen (secondary N) is 2. The lowest BCUT2D eigenvalue weighted by molar-refractivity contribution is 0.102. The first-order valence-corrected chi connectivity index (χ1v) is 8.53. The van der Waals surface area contributed by atoms with E-state index < -0.39 is 0 Å². The van der Waals surface area contributed by atoms with Crippen LogP contribution in [0.5, 0.6) is 17.2 Å². The number of aromatic nitrogens is 1. The average molecular weight is 379 g/mol. The molecule has 0 aliphatic carbocycles. The number of carbonyl (C=O) groups is 1. The van der Waals surface area contributed by atoms with Gasteiger partial charge >= 0.3 is 0 Å². The number of hydrogen-bond acceptors (Lipinski definition) is 6. The highest BCUT2D eigenvalue weighted by molar-refractivity contribution is 6.04. The van der Waals surface area contributed by atoms with Gasteiger partial charge in [0.15, 0.2) is 11.5 Å². The van der Waals surface area contributed by atoms with E-state index in [9.17, 15) is 4.79 Å². The third-order valence-corrected chi connectivity index (χ3v) is 4.01. The van der Waals surface area contributed by atoms with E-state index >= 15 is 0 Å². The predicted molar refractivity (Wildman–Crippen MR) is 108 cm³/mol. The molecule has 0 saturated carbocycles. The zero-order valence-corrected chi connectivity index (χ0v) is 15.9. The maximum absolute atomic E-state index is 12.6. The van der Waals surface area contributed by atoms with E-state index in [0.29, 0.717) is 28.6 Å². The van der Waals surface area contributed by atoms with Gasteiger partial charge in [-0.15, -0.1) is 0 Å². The summed E-state index contributed by atoms with van der Waals surface area (Å²) in [6.45, 7) is 0. The van der Waals surface area contributed by atoms with Crippen molar-refractivity contribution in [3.63, 3.8) is 0 Å². The van der Waals surface area contributed by atoms with E-state index in [4.69, 9.17) is 14.2 Å². The largest absolute Gasteiger partial charge is 0.497 e. The molecule has 2 aromatic carbocycles. The molecule has 0 radical (unpaired) electrons. The van der Waals surface area contributed by atoms with Crippen molar-refractivity contribution in [1.82, 2.24) is 4.98 Å². The fraction of sp³-hybridized carbons (Fsp3) is 0.143. The molecule has 1 amide bonds. The number of rotatable bonds is 7. The normalized spacial score (nSPS) is 10.1. The zero-order valence-electron chi connectivity index (χ0n) is 15.9. The zero-order chi connectivity index (χ0) is 19.9. The summed E-state index contributed by atoms with van der Waals surface area (Å²) >= 11 is 0. The van der Waals surface area contributed by atoms with Gasteiger partial charge in [0.1, 0.15) is 11.6 Å². The molecule has 0 aliphatic rings. The first kappa shape index (κ1) is 19.0. The Morgan fingerprint density at radius 2 is 1.68 bits per heavy atom. The minimum atomic E-state index is -0.261. The maximum atomic E-state index is 12.6. The number of nitrogens with zero attached hydrogens (tertiary/aromatic N) is 1. The van der Waals surface area contributed by atoms with Crippen LogP contribution in [0.4, 0.5) is 17.2 Å². The number of pyridine rings is 1. The van der Waals surface area contributed by atoms with Gasteiger partial charge in [-0.3, -0.25) is 4.79 Å². The molecule has 28 heavy (non-hydrogen) atoms. The lowest BCUT2D eigenvalue weighted by Gasteiger charge is -2.11. The van der Waals surface area contributed by atoms with Crippen LogP contribution < -0.4 is 24.8 Å². The first-order chi connectivity index (χ1) is 13.6. The molecule has 2 N–H and O–H groups in total. The van der Waals surface area contributed by atoms with Gasteiger partial charge in [-0.25, -0.2) is 4.98 Å². The molecule has 0 bridgehead atoms. The van der Waals surface area contributed by atoms with Crippen molar-refractivity contribution in [1.29, 1.82) is 0 Å². The smallest absolute Gasteiger partial charge is 0.255 e. The fourth-order valence-electron chi connectivity index (χ4n) is 2.61. The van der Waals surface area contributed by atoms with Crippen LogP contribution in [-0.2, 0) is 0 Å². The number of ether oxygens (including phenoxy) is 3. The Balaban J connectivity index is 1.75. The van der Waals surface area contributed by atoms with E-state index in [1.54, 1.807) is 57.9 Å². The van der Waals surface area contributed by atoms with Crippen molar-refractivity contribution in [3.05, 3.63) is 66.4 Å². The lowest BCUT2D eigenvalue weighted by Crippen LogP contribution is -2.12. The molecule has 0 fully saturated rings. The second-order valence-corrected chi connectivity index (χ2v) is 5.81. The third kappa shape index (κ3) is 4.50. The predicted octanol–water partition coefficient (Wildman–Crippen LogP) is 4.10. The van der Waals surface area contributed by atoms with Crippen LogP contribution in [-0.4, -0.2) is 32.2 Å². The lowest BCUT2D eigenvalue weighted by atomic mass is 10.2. The van der Waals surface area contributed by atoms with Crippen LogP contribution in [0.3, 0.4) is 0 Å². The Hall–Kier alpha value is -3.74. The van der Waals surface area contributed by atoms with Crippen molar-refractivity contribution in [2.75, 3.05) is 32.0 Å². The molecular formula is C21H21N3O4. The molecule has 0 atom stereocenters. The van der Waals surface area contributed by atoms with E-state index in [2.05, 4.69) is 15.6 Å². The number of amides is 1. The number of methoxy groups -OCH3 is 3. The second kappa shape index (κ2) is 8.77. The van der Waals surface area contributed by atoms with E-state index in [-0.39, 0.29) is 5.91 Å². The standard InChI is InChI=1S/C21H21N3O4/c1-26-17-6-4-5-15(12-17)23-20-11-14(9-10-22-20)21(25)24-16-7-8-18(27-2)19(13-16)28-3/h4-13H,1-3H3,(H,22,23)(H,24,25). The molecule has 7 nitrogen and oxygen atoms in total. The summed E-state index contributed by atoms with van der Waals surface area (Å²) in [4.78, 5) is 16.9. The van der Waals surface area contributed by atoms with Crippen LogP contribution in [0.1, 0.15) is 10.4 Å². The Labute approximate surface area is 163 Å². The van der Waals surface area contributed by atoms with Gasteiger partial charge in [0.2, 0.25) is 0 Å². The SMILES string of the molecule is COc1cccc(Nc2cc(C(=O)Nc3ccc(OC)c(OC)c3)ccn2)c1. The maximum Gasteiger partial charge on any atom is 0.255 e. The number of anilines is 3. The summed E-state index contributed by atoms with van der Waals surface area (Å²) < 4.78 is 15.7. The van der Waals surface area contributed by atoms with E-state index in [1.807, 2.05) is 24.3 Å². The Morgan fingerprint density at radius 3 is 2.43 bits per heavy atom. The number of carbonyl (C=O) groups excluding carboxylic acids is 1. The molecule has 1 heterocycles.